The molecule has 2 aliphatic heterocycles. The van der Waals surface area contributed by atoms with Gasteiger partial charge in [-0.05, 0) is 86.9 Å². The quantitative estimate of drug-likeness (QED) is 0.589. The molecule has 3 aliphatic carbocycles. The Morgan fingerprint density at radius 3 is 2.82 bits per heavy atom. The van der Waals surface area contributed by atoms with Crippen molar-refractivity contribution < 1.29 is 24.5 Å². The van der Waals surface area contributed by atoms with E-state index in [1.807, 2.05) is 13.1 Å². The lowest BCUT2D eigenvalue weighted by molar-refractivity contribution is -0.201. The van der Waals surface area contributed by atoms with Crippen molar-refractivity contribution in [3.8, 4) is 17.4 Å². The number of ether oxygens (including phenoxy) is 2. The average Bonchev–Trinajstić information content (AvgIpc) is 3.68. The van der Waals surface area contributed by atoms with E-state index >= 15 is 0 Å². The molecule has 1 aromatic heterocycles. The molecule has 7 rings (SSSR count). The van der Waals surface area contributed by atoms with Gasteiger partial charge in [-0.25, -0.2) is 4.98 Å². The molecule has 5 atom stereocenters. The molecule has 8 heteroatoms. The monoisotopic (exact) mass is 517 g/mol. The zero-order valence-corrected chi connectivity index (χ0v) is 22.2. The molecular weight excluding hydrogens is 482 g/mol. The number of amides is 1. The van der Waals surface area contributed by atoms with Crippen LogP contribution in [-0.4, -0.2) is 81.4 Å². The Kier molecular flexibility index (Phi) is 5.17. The summed E-state index contributed by atoms with van der Waals surface area (Å²) in [6, 6.07) is 5.78. The van der Waals surface area contributed by atoms with Gasteiger partial charge in [0.25, 0.3) is 0 Å². The van der Waals surface area contributed by atoms with E-state index in [9.17, 15) is 15.0 Å². The third-order valence-corrected chi connectivity index (χ3v) is 10.1. The van der Waals surface area contributed by atoms with Crippen molar-refractivity contribution in [2.75, 3.05) is 20.7 Å². The van der Waals surface area contributed by atoms with Gasteiger partial charge in [0.1, 0.15) is 6.10 Å². The Hall–Kier alpha value is -3.10. The molecular formula is C30H35N3O5. The first-order valence-corrected chi connectivity index (χ1v) is 13.7. The van der Waals surface area contributed by atoms with E-state index in [1.54, 1.807) is 42.5 Å². The molecule has 3 heterocycles. The number of aromatic hydroxyl groups is 1. The highest BCUT2D eigenvalue weighted by molar-refractivity contribution is 5.92. The number of likely N-dealkylation sites (N-methyl/N-ethyl adjacent to an activating group) is 1. The maximum atomic E-state index is 13.4. The fourth-order valence-corrected chi connectivity index (χ4v) is 8.12. The largest absolute Gasteiger partial charge is 0.504 e. The highest BCUT2D eigenvalue weighted by Gasteiger charge is 2.74. The Morgan fingerprint density at radius 1 is 1.29 bits per heavy atom. The third-order valence-electron chi connectivity index (χ3n) is 10.1. The SMILES string of the molecule is COc1ccc(C=CC(=O)N(C)[C@H]2CC[C@@]3(O)[C@H]4Cc5c(C)cc(O)c6c5[C@@]3(CCN4C3CC3)[C@H]2O6)cn1. The number of likely N-dealkylation sites (tertiary alicyclic amines) is 1. The van der Waals surface area contributed by atoms with Crippen LogP contribution in [0.2, 0.25) is 0 Å². The molecule has 2 aromatic rings. The van der Waals surface area contributed by atoms with Gasteiger partial charge in [0.05, 0.1) is 24.2 Å². The molecule has 0 unspecified atom stereocenters. The molecule has 38 heavy (non-hydrogen) atoms. The fourth-order valence-electron chi connectivity index (χ4n) is 8.12. The van der Waals surface area contributed by atoms with Gasteiger partial charge in [-0.1, -0.05) is 0 Å². The first-order chi connectivity index (χ1) is 18.3. The van der Waals surface area contributed by atoms with E-state index in [2.05, 4.69) is 16.8 Å². The molecule has 2 saturated carbocycles. The Morgan fingerprint density at radius 2 is 2.11 bits per heavy atom. The topological polar surface area (TPSA) is 95.4 Å². The number of benzene rings is 1. The molecule has 0 radical (unpaired) electrons. The zero-order valence-electron chi connectivity index (χ0n) is 22.2. The number of phenolic OH excluding ortho intramolecular Hbond substituents is 1. The molecule has 2 bridgehead atoms. The highest BCUT2D eigenvalue weighted by atomic mass is 16.5. The first kappa shape index (κ1) is 24.0. The predicted octanol–water partition coefficient (Wildman–Crippen LogP) is 2.96. The molecule has 200 valence electrons. The van der Waals surface area contributed by atoms with Crippen LogP contribution in [0, 0.1) is 6.92 Å². The summed E-state index contributed by atoms with van der Waals surface area (Å²) in [4.78, 5) is 21.9. The number of hydrogen-bond donors (Lipinski definition) is 2. The number of aryl methyl sites for hydroxylation is 1. The zero-order chi connectivity index (χ0) is 26.4. The summed E-state index contributed by atoms with van der Waals surface area (Å²) in [5.41, 5.74) is 2.47. The molecule has 5 aliphatic rings. The van der Waals surface area contributed by atoms with Crippen LogP contribution >= 0.6 is 0 Å². The van der Waals surface area contributed by atoms with Gasteiger partial charge in [-0.3, -0.25) is 9.69 Å². The molecule has 2 N–H and O–H groups in total. The molecule has 8 nitrogen and oxygen atoms in total. The summed E-state index contributed by atoms with van der Waals surface area (Å²) in [5, 5.41) is 23.6. The summed E-state index contributed by atoms with van der Waals surface area (Å²) in [7, 11) is 3.39. The van der Waals surface area contributed by atoms with E-state index in [0.717, 1.165) is 36.1 Å². The number of aliphatic hydroxyl groups is 1. The van der Waals surface area contributed by atoms with Crippen LogP contribution < -0.4 is 9.47 Å². The smallest absolute Gasteiger partial charge is 0.246 e. The van der Waals surface area contributed by atoms with Gasteiger partial charge in [0.2, 0.25) is 11.8 Å². The number of pyridine rings is 1. The van der Waals surface area contributed by atoms with Gasteiger partial charge in [-0.2, -0.15) is 0 Å². The van der Waals surface area contributed by atoms with Crippen LogP contribution in [0.4, 0.5) is 0 Å². The van der Waals surface area contributed by atoms with E-state index in [1.165, 1.54) is 18.4 Å². The lowest BCUT2D eigenvalue weighted by atomic mass is 9.48. The number of rotatable bonds is 5. The van der Waals surface area contributed by atoms with E-state index < -0.39 is 17.1 Å². The van der Waals surface area contributed by atoms with Gasteiger partial charge in [-0.15, -0.1) is 0 Å². The minimum absolute atomic E-state index is 0.0287. The lowest BCUT2D eigenvalue weighted by Crippen LogP contribution is -2.78. The van der Waals surface area contributed by atoms with Gasteiger partial charge in [0, 0.05) is 43.0 Å². The summed E-state index contributed by atoms with van der Waals surface area (Å²) < 4.78 is 11.8. The van der Waals surface area contributed by atoms with Crippen LogP contribution in [0.15, 0.2) is 30.5 Å². The summed E-state index contributed by atoms with van der Waals surface area (Å²) in [6.45, 7) is 2.95. The molecule has 1 saturated heterocycles. The maximum Gasteiger partial charge on any atom is 0.246 e. The number of hydrogen-bond acceptors (Lipinski definition) is 7. The second-order valence-corrected chi connectivity index (χ2v) is 11.8. The molecule has 1 amide bonds. The second-order valence-electron chi connectivity index (χ2n) is 11.8. The van der Waals surface area contributed by atoms with Crippen LogP contribution in [0.5, 0.6) is 17.4 Å². The highest BCUT2D eigenvalue weighted by Crippen LogP contribution is 2.66. The van der Waals surface area contributed by atoms with Crippen molar-refractivity contribution in [3.63, 3.8) is 0 Å². The van der Waals surface area contributed by atoms with E-state index in [-0.39, 0.29) is 23.7 Å². The maximum absolute atomic E-state index is 13.4. The number of carbonyl (C=O) groups excluding carboxylic acids is 1. The number of aromatic nitrogens is 1. The average molecular weight is 518 g/mol. The molecule has 3 fully saturated rings. The van der Waals surface area contributed by atoms with Gasteiger partial charge in [0.15, 0.2) is 11.5 Å². The first-order valence-electron chi connectivity index (χ1n) is 13.7. The minimum Gasteiger partial charge on any atom is -0.504 e. The van der Waals surface area contributed by atoms with Crippen LogP contribution in [0.3, 0.4) is 0 Å². The second kappa shape index (κ2) is 8.20. The van der Waals surface area contributed by atoms with Gasteiger partial charge < -0.3 is 24.6 Å². The van der Waals surface area contributed by atoms with E-state index in [0.29, 0.717) is 30.5 Å². The fraction of sp³-hybridized carbons (Fsp3) is 0.533. The Labute approximate surface area is 222 Å². The molecule has 1 aromatic carbocycles. The number of nitrogens with zero attached hydrogens (tertiary/aromatic N) is 3. The Balaban J connectivity index is 1.25. The summed E-state index contributed by atoms with van der Waals surface area (Å²) >= 11 is 0. The number of piperidine rings is 1. The predicted molar refractivity (Wildman–Crippen MR) is 141 cm³/mol. The number of carbonyl (C=O) groups is 1. The van der Waals surface area contributed by atoms with Crippen LogP contribution in [-0.2, 0) is 16.6 Å². The van der Waals surface area contributed by atoms with E-state index in [4.69, 9.17) is 9.47 Å². The van der Waals surface area contributed by atoms with Crippen molar-refractivity contribution in [2.45, 2.75) is 80.7 Å². The lowest BCUT2D eigenvalue weighted by Gasteiger charge is -2.65. The summed E-state index contributed by atoms with van der Waals surface area (Å²) in [5.74, 6) is 1.04. The third kappa shape index (κ3) is 3.10. The number of methoxy groups -OCH3 is 1. The Bertz CT molecular complexity index is 1340. The van der Waals surface area contributed by atoms with Crippen molar-refractivity contribution in [2.24, 2.45) is 0 Å². The van der Waals surface area contributed by atoms with Crippen LogP contribution in [0.25, 0.3) is 6.08 Å². The standard InChI is InChI=1S/C30H35N3O5/c1-17-14-22(34)27-26-20(17)15-23-30(36)11-10-21(28(38-27)29(26,30)12-13-33(23)19-6-7-19)32(2)25(35)9-5-18-4-8-24(37-3)31-16-18/h4-5,8-9,14,16,19,21,23,28,34,36H,6-7,10-13,15H2,1-3H3/t21-,23+,28-,29-,30+/m0/s1. The van der Waals surface area contributed by atoms with Crippen molar-refractivity contribution >= 4 is 12.0 Å². The van der Waals surface area contributed by atoms with Crippen molar-refractivity contribution in [3.05, 3.63) is 52.7 Å². The van der Waals surface area contributed by atoms with Crippen molar-refractivity contribution in [1.29, 1.82) is 0 Å². The normalized spacial score (nSPS) is 33.1. The minimum atomic E-state index is -0.956. The summed E-state index contributed by atoms with van der Waals surface area (Å²) in [6.07, 6.45) is 9.74. The van der Waals surface area contributed by atoms with Crippen LogP contribution in [0.1, 0.15) is 54.4 Å². The number of phenols is 1. The molecule has 1 spiro atoms. The van der Waals surface area contributed by atoms with Gasteiger partial charge >= 0.3 is 0 Å². The van der Waals surface area contributed by atoms with Crippen molar-refractivity contribution in [1.82, 2.24) is 14.8 Å².